The number of nitrogens with one attached hydrogen (secondary N) is 1. The summed E-state index contributed by atoms with van der Waals surface area (Å²) in [6, 6.07) is 6.60. The van der Waals surface area contributed by atoms with E-state index in [4.69, 9.17) is 0 Å². The molecule has 3 N–H and O–H groups in total. The first kappa shape index (κ1) is 29.0. The molecular weight excluding hydrogens is 513 g/mol. The Bertz CT molecular complexity index is 603. The Balaban J connectivity index is 1.94. The van der Waals surface area contributed by atoms with Crippen LogP contribution in [-0.4, -0.2) is 33.2 Å². The van der Waals surface area contributed by atoms with Crippen LogP contribution >= 0.6 is 22.6 Å². The molecule has 0 saturated heterocycles. The van der Waals surface area contributed by atoms with Crippen LogP contribution in [-0.2, 0) is 11.2 Å². The van der Waals surface area contributed by atoms with Crippen molar-refractivity contribution in [3.8, 4) is 5.75 Å². The van der Waals surface area contributed by atoms with E-state index in [0.29, 0.717) is 12.8 Å². The minimum Gasteiger partial charge on any atom is -0.508 e. The number of alkyl halides is 1. The Kier molecular flexibility index (Phi) is 18.6. The van der Waals surface area contributed by atoms with Crippen molar-refractivity contribution in [2.45, 2.75) is 102 Å². The van der Waals surface area contributed by atoms with Crippen molar-refractivity contribution in [3.63, 3.8) is 0 Å². The zero-order chi connectivity index (χ0) is 23.3. The summed E-state index contributed by atoms with van der Waals surface area (Å²) >= 11 is 2.46. The second kappa shape index (κ2) is 20.5. The number of amides is 1. The number of unbranched alkanes of at least 4 members (excludes halogenated alkanes) is 11. The SMILES string of the molecule is O=C(CCCCCCC/C=C\CCCCCCCCI)N[C@@H](CO)Cc1ccc(O)cc1. The van der Waals surface area contributed by atoms with Crippen LogP contribution in [0.1, 0.15) is 95.5 Å². The van der Waals surface area contributed by atoms with Gasteiger partial charge in [0.2, 0.25) is 5.91 Å². The van der Waals surface area contributed by atoms with Crippen molar-refractivity contribution in [3.05, 3.63) is 42.0 Å². The lowest BCUT2D eigenvalue weighted by atomic mass is 10.1. The van der Waals surface area contributed by atoms with E-state index in [1.807, 2.05) is 12.1 Å². The summed E-state index contributed by atoms with van der Waals surface area (Å²) in [4.78, 5) is 12.1. The topological polar surface area (TPSA) is 69.6 Å². The summed E-state index contributed by atoms with van der Waals surface area (Å²) in [6.45, 7) is -0.0845. The molecule has 0 bridgehead atoms. The van der Waals surface area contributed by atoms with Crippen LogP contribution < -0.4 is 5.32 Å². The highest BCUT2D eigenvalue weighted by Crippen LogP contribution is 2.12. The summed E-state index contributed by atoms with van der Waals surface area (Å²) in [5, 5.41) is 21.8. The number of aliphatic hydroxyl groups excluding tert-OH is 1. The molecule has 0 aliphatic rings. The highest BCUT2D eigenvalue weighted by Gasteiger charge is 2.12. The number of hydrogen-bond donors (Lipinski definition) is 3. The van der Waals surface area contributed by atoms with E-state index >= 15 is 0 Å². The fourth-order valence-electron chi connectivity index (χ4n) is 3.76. The first-order valence-electron chi connectivity index (χ1n) is 12.5. The van der Waals surface area contributed by atoms with Gasteiger partial charge in [-0.1, -0.05) is 91.8 Å². The number of aromatic hydroxyl groups is 1. The molecule has 0 unspecified atom stereocenters. The number of aliphatic hydroxyl groups is 1. The third-order valence-corrected chi connectivity index (χ3v) is 6.46. The third-order valence-electron chi connectivity index (χ3n) is 5.70. The van der Waals surface area contributed by atoms with Gasteiger partial charge in [0.1, 0.15) is 5.75 Å². The van der Waals surface area contributed by atoms with Gasteiger partial charge in [-0.2, -0.15) is 0 Å². The van der Waals surface area contributed by atoms with Crippen LogP contribution in [0, 0.1) is 0 Å². The number of carbonyl (C=O) groups excluding carboxylic acids is 1. The molecule has 0 saturated carbocycles. The zero-order valence-corrected chi connectivity index (χ0v) is 21.9. The lowest BCUT2D eigenvalue weighted by Gasteiger charge is -2.16. The van der Waals surface area contributed by atoms with Gasteiger partial charge in [-0.3, -0.25) is 4.79 Å². The molecule has 1 aromatic carbocycles. The monoisotopic (exact) mass is 557 g/mol. The standard InChI is InChI=1S/C27H44INO3/c28-21-15-13-11-9-7-5-3-1-2-4-6-8-10-12-14-16-27(32)29-25(23-30)22-24-17-19-26(31)20-18-24/h1-2,17-20,25,30-31H,3-16,21-23H2,(H,29,32)/b2-1-/t25-/m1/s1. The Morgan fingerprint density at radius 2 is 1.38 bits per heavy atom. The molecule has 0 fully saturated rings. The highest BCUT2D eigenvalue weighted by molar-refractivity contribution is 14.1. The predicted molar refractivity (Wildman–Crippen MR) is 143 cm³/mol. The number of hydrogen-bond acceptors (Lipinski definition) is 3. The van der Waals surface area contributed by atoms with Crippen molar-refractivity contribution in [1.82, 2.24) is 5.32 Å². The molecule has 0 aliphatic carbocycles. The Morgan fingerprint density at radius 3 is 1.94 bits per heavy atom. The number of benzene rings is 1. The maximum Gasteiger partial charge on any atom is 0.220 e. The van der Waals surface area contributed by atoms with E-state index in [2.05, 4.69) is 40.1 Å². The van der Waals surface area contributed by atoms with Crippen LogP contribution in [0.5, 0.6) is 5.75 Å². The summed E-state index contributed by atoms with van der Waals surface area (Å²) in [7, 11) is 0. The van der Waals surface area contributed by atoms with E-state index in [-0.39, 0.29) is 24.3 Å². The molecule has 1 amide bonds. The second-order valence-corrected chi connectivity index (χ2v) is 9.77. The summed E-state index contributed by atoms with van der Waals surface area (Å²) in [5.74, 6) is 0.230. The van der Waals surface area contributed by atoms with Crippen LogP contribution in [0.4, 0.5) is 0 Å². The molecule has 0 spiro atoms. The first-order chi connectivity index (χ1) is 15.7. The molecule has 4 nitrogen and oxygen atoms in total. The summed E-state index contributed by atoms with van der Waals surface area (Å²) in [6.07, 6.45) is 22.0. The van der Waals surface area contributed by atoms with Gasteiger partial charge in [0.25, 0.3) is 0 Å². The Hall–Kier alpha value is -1.08. The van der Waals surface area contributed by atoms with Crippen LogP contribution in [0.25, 0.3) is 0 Å². The first-order valence-corrected chi connectivity index (χ1v) is 14.1. The number of allylic oxidation sites excluding steroid dienone is 2. The van der Waals surface area contributed by atoms with Crippen molar-refractivity contribution in [2.24, 2.45) is 0 Å². The molecule has 5 heteroatoms. The molecule has 0 aliphatic heterocycles. The molecule has 0 aromatic heterocycles. The van der Waals surface area contributed by atoms with Crippen molar-refractivity contribution in [1.29, 1.82) is 0 Å². The van der Waals surface area contributed by atoms with E-state index in [1.54, 1.807) is 12.1 Å². The van der Waals surface area contributed by atoms with Crippen LogP contribution in [0.15, 0.2) is 36.4 Å². The lowest BCUT2D eigenvalue weighted by molar-refractivity contribution is -0.122. The van der Waals surface area contributed by atoms with Gasteiger partial charge in [0.05, 0.1) is 12.6 Å². The zero-order valence-electron chi connectivity index (χ0n) is 19.7. The molecule has 0 heterocycles. The fraction of sp³-hybridized carbons (Fsp3) is 0.667. The normalized spacial score (nSPS) is 12.3. The van der Waals surface area contributed by atoms with Gasteiger partial charge in [0.15, 0.2) is 0 Å². The molecule has 32 heavy (non-hydrogen) atoms. The molecule has 1 atom stereocenters. The van der Waals surface area contributed by atoms with Gasteiger partial charge in [0, 0.05) is 6.42 Å². The highest BCUT2D eigenvalue weighted by atomic mass is 127. The predicted octanol–water partition coefficient (Wildman–Crippen LogP) is 6.86. The molecule has 1 rings (SSSR count). The molecular formula is C27H44INO3. The number of phenolic OH excluding ortho intramolecular Hbond substituents is 1. The molecule has 182 valence electrons. The fourth-order valence-corrected chi connectivity index (χ4v) is 4.29. The van der Waals surface area contributed by atoms with E-state index in [1.165, 1.54) is 75.1 Å². The van der Waals surface area contributed by atoms with Gasteiger partial charge >= 0.3 is 0 Å². The number of rotatable bonds is 20. The minimum absolute atomic E-state index is 0.00997. The number of carbonyl (C=O) groups is 1. The lowest BCUT2D eigenvalue weighted by Crippen LogP contribution is -2.38. The van der Waals surface area contributed by atoms with Gasteiger partial charge in [-0.05, 0) is 67.1 Å². The van der Waals surface area contributed by atoms with Gasteiger partial charge in [-0.15, -0.1) is 0 Å². The average molecular weight is 558 g/mol. The van der Waals surface area contributed by atoms with Gasteiger partial charge < -0.3 is 15.5 Å². The van der Waals surface area contributed by atoms with E-state index in [9.17, 15) is 15.0 Å². The molecule has 0 radical (unpaired) electrons. The van der Waals surface area contributed by atoms with Crippen LogP contribution in [0.3, 0.4) is 0 Å². The quantitative estimate of drug-likeness (QED) is 0.0710. The average Bonchev–Trinajstić information content (AvgIpc) is 2.79. The summed E-state index contributed by atoms with van der Waals surface area (Å²) < 4.78 is 1.30. The van der Waals surface area contributed by atoms with E-state index in [0.717, 1.165) is 18.4 Å². The number of phenols is 1. The molecule has 1 aromatic rings. The van der Waals surface area contributed by atoms with Crippen molar-refractivity contribution in [2.75, 3.05) is 11.0 Å². The second-order valence-electron chi connectivity index (χ2n) is 8.69. The maximum atomic E-state index is 12.1. The smallest absolute Gasteiger partial charge is 0.220 e. The Labute approximate surface area is 209 Å². The van der Waals surface area contributed by atoms with Crippen molar-refractivity contribution < 1.29 is 15.0 Å². The van der Waals surface area contributed by atoms with E-state index < -0.39 is 0 Å². The minimum atomic E-state index is -0.278. The van der Waals surface area contributed by atoms with Crippen molar-refractivity contribution >= 4 is 28.5 Å². The van der Waals surface area contributed by atoms with Gasteiger partial charge in [-0.25, -0.2) is 0 Å². The largest absolute Gasteiger partial charge is 0.508 e. The maximum absolute atomic E-state index is 12.1. The Morgan fingerprint density at radius 1 is 0.844 bits per heavy atom. The van der Waals surface area contributed by atoms with Crippen LogP contribution in [0.2, 0.25) is 0 Å². The third kappa shape index (κ3) is 16.5. The summed E-state index contributed by atoms with van der Waals surface area (Å²) in [5.41, 5.74) is 0.985. The number of halogens is 1.